The van der Waals surface area contributed by atoms with E-state index in [0.717, 1.165) is 11.3 Å². The van der Waals surface area contributed by atoms with Crippen LogP contribution < -0.4 is 25.5 Å². The zero-order valence-corrected chi connectivity index (χ0v) is 11.6. The number of benzene rings is 1. The molecule has 0 radical (unpaired) electrons. The molecular weight excluding hydrogens is 232 g/mol. The lowest BCUT2D eigenvalue weighted by molar-refractivity contribution is 0.339. The van der Waals surface area contributed by atoms with Gasteiger partial charge in [0.05, 0.1) is 27.4 Å². The van der Waals surface area contributed by atoms with Crippen LogP contribution in [0.25, 0.3) is 0 Å². The van der Waals surface area contributed by atoms with Gasteiger partial charge in [-0.15, -0.1) is 0 Å². The van der Waals surface area contributed by atoms with Gasteiger partial charge in [-0.05, 0) is 12.0 Å². The topological polar surface area (TPSA) is 65.7 Å². The van der Waals surface area contributed by atoms with E-state index in [1.165, 1.54) is 0 Å². The van der Waals surface area contributed by atoms with Gasteiger partial charge in [-0.1, -0.05) is 13.8 Å². The van der Waals surface area contributed by atoms with E-state index in [1.54, 1.807) is 27.4 Å². The van der Waals surface area contributed by atoms with Gasteiger partial charge in [-0.2, -0.15) is 0 Å². The molecule has 0 aromatic heterocycles. The Labute approximate surface area is 108 Å². The minimum absolute atomic E-state index is 0.0141. The molecule has 0 aliphatic carbocycles. The number of hydrogen-bond donors (Lipinski definition) is 2. The van der Waals surface area contributed by atoms with E-state index >= 15 is 0 Å². The number of nitrogens with one attached hydrogen (secondary N) is 1. The zero-order chi connectivity index (χ0) is 13.7. The molecule has 1 aromatic carbocycles. The van der Waals surface area contributed by atoms with Crippen LogP contribution in [-0.2, 0) is 0 Å². The minimum Gasteiger partial charge on any atom is -0.496 e. The van der Waals surface area contributed by atoms with Crippen molar-refractivity contribution >= 4 is 0 Å². The Morgan fingerprint density at radius 3 is 1.83 bits per heavy atom. The van der Waals surface area contributed by atoms with Crippen molar-refractivity contribution in [2.24, 2.45) is 11.8 Å². The molecule has 0 bridgehead atoms. The maximum Gasteiger partial charge on any atom is 0.164 e. The molecule has 0 saturated carbocycles. The van der Waals surface area contributed by atoms with Crippen LogP contribution >= 0.6 is 0 Å². The smallest absolute Gasteiger partial charge is 0.164 e. The van der Waals surface area contributed by atoms with E-state index in [4.69, 9.17) is 20.1 Å². The van der Waals surface area contributed by atoms with Crippen LogP contribution in [0.3, 0.4) is 0 Å². The minimum atomic E-state index is -0.0141. The SMILES string of the molecule is COc1cc(OC)c(C(NN)C(C)C)cc1OC. The van der Waals surface area contributed by atoms with Crippen LogP contribution in [0.5, 0.6) is 17.2 Å². The highest BCUT2D eigenvalue weighted by Gasteiger charge is 2.21. The maximum absolute atomic E-state index is 5.61. The Morgan fingerprint density at radius 2 is 1.44 bits per heavy atom. The predicted molar refractivity (Wildman–Crippen MR) is 71.0 cm³/mol. The largest absolute Gasteiger partial charge is 0.496 e. The second-order valence-electron chi connectivity index (χ2n) is 4.34. The van der Waals surface area contributed by atoms with Crippen LogP contribution in [-0.4, -0.2) is 21.3 Å². The van der Waals surface area contributed by atoms with E-state index in [2.05, 4.69) is 19.3 Å². The van der Waals surface area contributed by atoms with Crippen LogP contribution in [0.2, 0.25) is 0 Å². The monoisotopic (exact) mass is 254 g/mol. The first-order valence-corrected chi connectivity index (χ1v) is 5.85. The molecule has 5 nitrogen and oxygen atoms in total. The number of hydrogen-bond acceptors (Lipinski definition) is 5. The molecular formula is C13H22N2O3. The summed E-state index contributed by atoms with van der Waals surface area (Å²) in [7, 11) is 4.82. The van der Waals surface area contributed by atoms with Crippen molar-refractivity contribution in [3.63, 3.8) is 0 Å². The first-order valence-electron chi connectivity index (χ1n) is 5.85. The molecule has 3 N–H and O–H groups in total. The quantitative estimate of drug-likeness (QED) is 0.599. The van der Waals surface area contributed by atoms with Gasteiger partial charge in [-0.3, -0.25) is 11.3 Å². The Balaban J connectivity index is 3.32. The summed E-state index contributed by atoms with van der Waals surface area (Å²) in [6, 6.07) is 3.68. The van der Waals surface area contributed by atoms with Crippen molar-refractivity contribution in [2.75, 3.05) is 21.3 Å². The highest BCUT2D eigenvalue weighted by Crippen LogP contribution is 2.39. The molecule has 0 amide bonds. The van der Waals surface area contributed by atoms with Crippen molar-refractivity contribution in [1.82, 2.24) is 5.43 Å². The van der Waals surface area contributed by atoms with Gasteiger partial charge in [0.2, 0.25) is 0 Å². The van der Waals surface area contributed by atoms with E-state index < -0.39 is 0 Å². The summed E-state index contributed by atoms with van der Waals surface area (Å²) in [5.74, 6) is 7.96. The van der Waals surface area contributed by atoms with Gasteiger partial charge in [-0.25, -0.2) is 0 Å². The fourth-order valence-corrected chi connectivity index (χ4v) is 1.94. The fraction of sp³-hybridized carbons (Fsp3) is 0.538. The molecule has 1 atom stereocenters. The molecule has 1 unspecified atom stereocenters. The molecule has 0 aliphatic heterocycles. The first kappa shape index (κ1) is 14.6. The Kier molecular flexibility index (Phi) is 5.25. The Bertz CT molecular complexity index is 394. The van der Waals surface area contributed by atoms with Gasteiger partial charge in [0.15, 0.2) is 11.5 Å². The molecule has 18 heavy (non-hydrogen) atoms. The van der Waals surface area contributed by atoms with Gasteiger partial charge in [0.25, 0.3) is 0 Å². The summed E-state index contributed by atoms with van der Waals surface area (Å²) in [4.78, 5) is 0. The third kappa shape index (κ3) is 2.86. The molecule has 0 fully saturated rings. The van der Waals surface area contributed by atoms with E-state index in [1.807, 2.05) is 6.07 Å². The van der Waals surface area contributed by atoms with E-state index in [9.17, 15) is 0 Å². The summed E-state index contributed by atoms with van der Waals surface area (Å²) in [5.41, 5.74) is 3.76. The number of ether oxygens (including phenoxy) is 3. The summed E-state index contributed by atoms with van der Waals surface area (Å²) >= 11 is 0. The van der Waals surface area contributed by atoms with Crippen molar-refractivity contribution in [3.8, 4) is 17.2 Å². The second kappa shape index (κ2) is 6.47. The van der Waals surface area contributed by atoms with Crippen molar-refractivity contribution < 1.29 is 14.2 Å². The third-order valence-electron chi connectivity index (χ3n) is 2.92. The average molecular weight is 254 g/mol. The number of nitrogens with two attached hydrogens (primary N) is 1. The Hall–Kier alpha value is -1.46. The Morgan fingerprint density at radius 1 is 0.944 bits per heavy atom. The van der Waals surface area contributed by atoms with E-state index in [0.29, 0.717) is 17.4 Å². The lowest BCUT2D eigenvalue weighted by Crippen LogP contribution is -2.31. The molecule has 0 saturated heterocycles. The lowest BCUT2D eigenvalue weighted by atomic mass is 9.95. The van der Waals surface area contributed by atoms with Crippen LogP contribution in [0, 0.1) is 5.92 Å². The van der Waals surface area contributed by atoms with Crippen molar-refractivity contribution in [3.05, 3.63) is 17.7 Å². The van der Waals surface area contributed by atoms with Crippen molar-refractivity contribution in [2.45, 2.75) is 19.9 Å². The fourth-order valence-electron chi connectivity index (χ4n) is 1.94. The maximum atomic E-state index is 5.61. The standard InChI is InChI=1S/C13H22N2O3/c1-8(2)13(15-14)9-6-11(17-4)12(18-5)7-10(9)16-3/h6-8,13,15H,14H2,1-5H3. The van der Waals surface area contributed by atoms with Crippen molar-refractivity contribution in [1.29, 1.82) is 0 Å². The molecule has 0 spiro atoms. The van der Waals surface area contributed by atoms with Gasteiger partial charge >= 0.3 is 0 Å². The predicted octanol–water partition coefficient (Wildman–Crippen LogP) is 1.87. The first-order chi connectivity index (χ1) is 8.58. The molecule has 102 valence electrons. The average Bonchev–Trinajstić information content (AvgIpc) is 2.38. The van der Waals surface area contributed by atoms with Crippen LogP contribution in [0.1, 0.15) is 25.5 Å². The summed E-state index contributed by atoms with van der Waals surface area (Å²) in [5, 5.41) is 0. The zero-order valence-electron chi connectivity index (χ0n) is 11.6. The summed E-state index contributed by atoms with van der Waals surface area (Å²) < 4.78 is 15.9. The van der Waals surface area contributed by atoms with Crippen LogP contribution in [0.4, 0.5) is 0 Å². The number of rotatable bonds is 6. The van der Waals surface area contributed by atoms with Gasteiger partial charge in [0.1, 0.15) is 5.75 Å². The number of methoxy groups -OCH3 is 3. The van der Waals surface area contributed by atoms with Gasteiger partial charge < -0.3 is 14.2 Å². The molecule has 0 aliphatic rings. The normalized spacial score (nSPS) is 12.4. The highest BCUT2D eigenvalue weighted by atomic mass is 16.5. The molecule has 1 rings (SSSR count). The number of hydrazine groups is 1. The second-order valence-corrected chi connectivity index (χ2v) is 4.34. The van der Waals surface area contributed by atoms with Gasteiger partial charge in [0, 0.05) is 11.6 Å². The summed E-state index contributed by atoms with van der Waals surface area (Å²) in [6.45, 7) is 4.17. The molecule has 5 heteroatoms. The van der Waals surface area contributed by atoms with Crippen LogP contribution in [0.15, 0.2) is 12.1 Å². The summed E-state index contributed by atoms with van der Waals surface area (Å²) in [6.07, 6.45) is 0. The van der Waals surface area contributed by atoms with E-state index in [-0.39, 0.29) is 6.04 Å². The third-order valence-corrected chi connectivity index (χ3v) is 2.92. The molecule has 1 aromatic rings. The lowest BCUT2D eigenvalue weighted by Gasteiger charge is -2.23. The highest BCUT2D eigenvalue weighted by molar-refractivity contribution is 5.51. The molecule has 0 heterocycles.